The van der Waals surface area contributed by atoms with Gasteiger partial charge in [-0.2, -0.15) is 0 Å². The highest BCUT2D eigenvalue weighted by Gasteiger charge is 2.28. The Kier molecular flexibility index (Phi) is 8.81. The molecule has 1 N–H and O–H groups in total. The van der Waals surface area contributed by atoms with Crippen molar-refractivity contribution in [2.24, 2.45) is 0 Å². The van der Waals surface area contributed by atoms with Crippen LogP contribution >= 0.6 is 0 Å². The summed E-state index contributed by atoms with van der Waals surface area (Å²) >= 11 is 0. The molecular weight excluding hydrogens is 460 g/mol. The molecule has 0 unspecified atom stereocenters. The number of amides is 2. The van der Waals surface area contributed by atoms with Crippen LogP contribution in [-0.2, 0) is 22.8 Å². The number of benzene rings is 2. The molecule has 2 aromatic carbocycles. The normalized spacial score (nSPS) is 18.8. The van der Waals surface area contributed by atoms with Crippen LogP contribution in [0, 0.1) is 0 Å². The lowest BCUT2D eigenvalue weighted by Gasteiger charge is -2.38. The monoisotopic (exact) mass is 498 g/mol. The Bertz CT molecular complexity index is 1070. The highest BCUT2D eigenvalue weighted by Crippen LogP contribution is 2.22. The molecule has 0 atom stereocenters. The molecular formula is C27H38N4O3S. The Morgan fingerprint density at radius 2 is 1.63 bits per heavy atom. The maximum Gasteiger partial charge on any atom is 0.317 e. The molecule has 7 nitrogen and oxygen atoms in total. The number of hydrogen-bond donors (Lipinski definition) is 1. The van der Waals surface area contributed by atoms with Gasteiger partial charge < -0.3 is 10.2 Å². The van der Waals surface area contributed by atoms with Crippen LogP contribution < -0.4 is 5.32 Å². The largest absolute Gasteiger partial charge is 0.338 e. The smallest absolute Gasteiger partial charge is 0.317 e. The first kappa shape index (κ1) is 25.7. The minimum Gasteiger partial charge on any atom is -0.338 e. The van der Waals surface area contributed by atoms with Gasteiger partial charge in [0.2, 0.25) is 0 Å². The van der Waals surface area contributed by atoms with Crippen LogP contribution in [0.4, 0.5) is 4.79 Å². The molecule has 8 heteroatoms. The van der Waals surface area contributed by atoms with Gasteiger partial charge >= 0.3 is 6.03 Å². The third-order valence-corrected chi connectivity index (χ3v) is 8.39. The second kappa shape index (κ2) is 12.0. The van der Waals surface area contributed by atoms with Gasteiger partial charge in [0, 0.05) is 51.6 Å². The lowest BCUT2D eigenvalue weighted by atomic mass is 10.0. The van der Waals surface area contributed by atoms with E-state index >= 15 is 0 Å². The molecule has 0 saturated carbocycles. The number of sulfone groups is 1. The van der Waals surface area contributed by atoms with Crippen molar-refractivity contribution in [2.75, 3.05) is 52.1 Å². The Morgan fingerprint density at radius 1 is 0.914 bits per heavy atom. The topological polar surface area (TPSA) is 73.0 Å². The molecule has 0 spiro atoms. The molecule has 0 aromatic heterocycles. The van der Waals surface area contributed by atoms with Crippen LogP contribution in [0.15, 0.2) is 59.5 Å². The second-order valence-corrected chi connectivity index (χ2v) is 11.7. The minimum atomic E-state index is -3.22. The van der Waals surface area contributed by atoms with Crippen LogP contribution in [0.1, 0.15) is 30.4 Å². The Hall–Kier alpha value is -2.42. The van der Waals surface area contributed by atoms with Crippen molar-refractivity contribution < 1.29 is 13.2 Å². The fourth-order valence-electron chi connectivity index (χ4n) is 5.26. The Labute approximate surface area is 210 Å². The van der Waals surface area contributed by atoms with Gasteiger partial charge in [-0.15, -0.1) is 0 Å². The highest BCUT2D eigenvalue weighted by molar-refractivity contribution is 7.90. The zero-order chi connectivity index (χ0) is 24.7. The van der Waals surface area contributed by atoms with Crippen LogP contribution in [0.2, 0.25) is 0 Å². The summed E-state index contributed by atoms with van der Waals surface area (Å²) in [5.74, 6) is 0. The van der Waals surface area contributed by atoms with Crippen molar-refractivity contribution in [3.8, 4) is 0 Å². The van der Waals surface area contributed by atoms with Crippen molar-refractivity contribution in [1.82, 2.24) is 20.0 Å². The van der Waals surface area contributed by atoms with E-state index in [1.54, 1.807) is 12.1 Å². The summed E-state index contributed by atoms with van der Waals surface area (Å²) in [5.41, 5.74) is 2.12. The predicted octanol–water partition coefficient (Wildman–Crippen LogP) is 3.01. The van der Waals surface area contributed by atoms with E-state index in [1.165, 1.54) is 11.8 Å². The van der Waals surface area contributed by atoms with E-state index < -0.39 is 9.84 Å². The fourth-order valence-corrected chi connectivity index (χ4v) is 6.19. The van der Waals surface area contributed by atoms with Gasteiger partial charge in [0.05, 0.1) is 4.90 Å². The van der Waals surface area contributed by atoms with Gasteiger partial charge in [-0.05, 0) is 56.0 Å². The van der Waals surface area contributed by atoms with Gasteiger partial charge in [-0.3, -0.25) is 9.80 Å². The van der Waals surface area contributed by atoms with E-state index in [2.05, 4.69) is 27.2 Å². The van der Waals surface area contributed by atoms with Crippen LogP contribution in [-0.4, -0.2) is 87.3 Å². The lowest BCUT2D eigenvalue weighted by Crippen LogP contribution is -2.47. The molecule has 2 aliphatic heterocycles. The quantitative estimate of drug-likeness (QED) is 0.635. The standard InChI is InChI=1S/C27H38N4O3S/c1-35(33,34)26-11-6-5-10-24(26)22-29-18-13-25(14-19-29)30-16-7-17-31(21-20-30)27(32)28-15-12-23-8-3-2-4-9-23/h2-6,8-11,25H,7,12-22H2,1H3,(H,28,32). The summed E-state index contributed by atoms with van der Waals surface area (Å²) in [6, 6.07) is 18.1. The summed E-state index contributed by atoms with van der Waals surface area (Å²) in [6.45, 7) is 6.75. The molecule has 2 aromatic rings. The summed E-state index contributed by atoms with van der Waals surface area (Å²) in [4.78, 5) is 20.0. The number of carbonyl (C=O) groups excluding carboxylic acids is 1. The zero-order valence-electron chi connectivity index (χ0n) is 20.7. The molecule has 0 radical (unpaired) electrons. The van der Waals surface area contributed by atoms with Crippen LogP contribution in [0.5, 0.6) is 0 Å². The molecule has 2 heterocycles. The molecule has 2 saturated heterocycles. The molecule has 35 heavy (non-hydrogen) atoms. The number of urea groups is 1. The number of nitrogens with zero attached hydrogens (tertiary/aromatic N) is 3. The number of likely N-dealkylation sites (tertiary alicyclic amines) is 1. The average molecular weight is 499 g/mol. The lowest BCUT2D eigenvalue weighted by molar-refractivity contribution is 0.107. The maximum absolute atomic E-state index is 12.7. The van der Waals surface area contributed by atoms with E-state index in [1.807, 2.05) is 35.2 Å². The SMILES string of the molecule is CS(=O)(=O)c1ccccc1CN1CCC(N2CCCN(C(=O)NCCc3ccccc3)CC2)CC1. The Balaban J connectivity index is 1.21. The maximum atomic E-state index is 12.7. The molecule has 0 bridgehead atoms. The number of carbonyl (C=O) groups is 1. The van der Waals surface area contributed by atoms with Gasteiger partial charge in [0.25, 0.3) is 0 Å². The molecule has 2 aliphatic rings. The van der Waals surface area contributed by atoms with Gasteiger partial charge in [-0.1, -0.05) is 48.5 Å². The van der Waals surface area contributed by atoms with Gasteiger partial charge in [0.1, 0.15) is 0 Å². The van der Waals surface area contributed by atoms with Crippen molar-refractivity contribution in [3.63, 3.8) is 0 Å². The average Bonchev–Trinajstić information content (AvgIpc) is 3.11. The second-order valence-electron chi connectivity index (χ2n) is 9.73. The summed E-state index contributed by atoms with van der Waals surface area (Å²) in [7, 11) is -3.22. The number of piperidine rings is 1. The predicted molar refractivity (Wildman–Crippen MR) is 139 cm³/mol. The molecule has 0 aliphatic carbocycles. The summed E-state index contributed by atoms with van der Waals surface area (Å²) in [5, 5.41) is 3.09. The van der Waals surface area contributed by atoms with E-state index in [9.17, 15) is 13.2 Å². The van der Waals surface area contributed by atoms with Crippen molar-refractivity contribution in [3.05, 3.63) is 65.7 Å². The molecule has 2 fully saturated rings. The van der Waals surface area contributed by atoms with E-state index in [4.69, 9.17) is 0 Å². The zero-order valence-corrected chi connectivity index (χ0v) is 21.5. The first-order chi connectivity index (χ1) is 16.9. The van der Waals surface area contributed by atoms with Crippen LogP contribution in [0.25, 0.3) is 0 Å². The number of rotatable bonds is 7. The number of nitrogens with one attached hydrogen (secondary N) is 1. The molecule has 190 valence electrons. The van der Waals surface area contributed by atoms with E-state index in [0.717, 1.165) is 70.5 Å². The first-order valence-corrected chi connectivity index (χ1v) is 14.6. The summed E-state index contributed by atoms with van der Waals surface area (Å²) < 4.78 is 24.3. The van der Waals surface area contributed by atoms with Crippen molar-refractivity contribution >= 4 is 15.9 Å². The van der Waals surface area contributed by atoms with Gasteiger partial charge in [0.15, 0.2) is 9.84 Å². The Morgan fingerprint density at radius 3 is 2.37 bits per heavy atom. The van der Waals surface area contributed by atoms with E-state index in [0.29, 0.717) is 24.0 Å². The van der Waals surface area contributed by atoms with Gasteiger partial charge in [-0.25, -0.2) is 13.2 Å². The van der Waals surface area contributed by atoms with E-state index in [-0.39, 0.29) is 6.03 Å². The van der Waals surface area contributed by atoms with Crippen molar-refractivity contribution in [1.29, 1.82) is 0 Å². The molecule has 4 rings (SSSR count). The third-order valence-electron chi connectivity index (χ3n) is 7.19. The fraction of sp³-hybridized carbons (Fsp3) is 0.519. The van der Waals surface area contributed by atoms with Crippen molar-refractivity contribution in [2.45, 2.75) is 43.2 Å². The minimum absolute atomic E-state index is 0.0437. The molecule has 2 amide bonds. The summed E-state index contributed by atoms with van der Waals surface area (Å²) in [6.07, 6.45) is 5.27. The first-order valence-electron chi connectivity index (χ1n) is 12.7. The number of hydrogen-bond acceptors (Lipinski definition) is 5. The third kappa shape index (κ3) is 7.29. The highest BCUT2D eigenvalue weighted by atomic mass is 32.2. The van der Waals surface area contributed by atoms with Crippen LogP contribution in [0.3, 0.4) is 0 Å².